The molecule has 3 rings (SSSR count). The van der Waals surface area contributed by atoms with Crippen molar-refractivity contribution >= 4 is 17.6 Å². The molecule has 1 aliphatic carbocycles. The van der Waals surface area contributed by atoms with E-state index >= 15 is 0 Å². The van der Waals surface area contributed by atoms with Gasteiger partial charge in [-0.2, -0.15) is 0 Å². The predicted octanol–water partition coefficient (Wildman–Crippen LogP) is 1.06. The average Bonchev–Trinajstić information content (AvgIpc) is 2.43. The van der Waals surface area contributed by atoms with Gasteiger partial charge in [-0.25, -0.2) is 0 Å². The van der Waals surface area contributed by atoms with Crippen molar-refractivity contribution in [2.75, 3.05) is 19.1 Å². The van der Waals surface area contributed by atoms with Crippen molar-refractivity contribution in [3.05, 3.63) is 29.8 Å². The first-order valence-corrected chi connectivity index (χ1v) is 6.63. The van der Waals surface area contributed by atoms with Gasteiger partial charge in [0.2, 0.25) is 5.91 Å². The summed E-state index contributed by atoms with van der Waals surface area (Å²) in [4.78, 5) is 25.4. The number of fused-ring (bicyclic) bond motifs is 3. The van der Waals surface area contributed by atoms with Crippen molar-refractivity contribution < 1.29 is 19.4 Å². The number of para-hydroxylation sites is 1. The Labute approximate surface area is 117 Å². The number of benzene rings is 1. The van der Waals surface area contributed by atoms with Crippen LogP contribution in [-0.2, 0) is 14.3 Å². The Morgan fingerprint density at radius 3 is 2.90 bits per heavy atom. The molecule has 1 amide bonds. The zero-order chi connectivity index (χ0) is 14.5. The first-order valence-electron chi connectivity index (χ1n) is 6.63. The maximum absolute atomic E-state index is 12.4. The van der Waals surface area contributed by atoms with E-state index in [-0.39, 0.29) is 18.2 Å². The molecule has 0 unspecified atom stereocenters. The van der Waals surface area contributed by atoms with Gasteiger partial charge < -0.3 is 14.7 Å². The highest BCUT2D eigenvalue weighted by Crippen LogP contribution is 2.57. The lowest BCUT2D eigenvalue weighted by Gasteiger charge is -2.54. The van der Waals surface area contributed by atoms with Gasteiger partial charge in [-0.05, 0) is 18.1 Å². The van der Waals surface area contributed by atoms with Crippen molar-refractivity contribution in [2.24, 2.45) is 5.92 Å². The number of nitrogens with zero attached hydrogens (tertiary/aromatic N) is 1. The number of carbonyl (C=O) groups excluding carboxylic acids is 2. The first kappa shape index (κ1) is 13.1. The fraction of sp³-hybridized carbons (Fsp3) is 0.467. The maximum atomic E-state index is 12.4. The number of anilines is 1. The highest BCUT2D eigenvalue weighted by Gasteiger charge is 2.61. The molecule has 0 aromatic heterocycles. The molecule has 5 heteroatoms. The summed E-state index contributed by atoms with van der Waals surface area (Å²) in [6.07, 6.45) is 0.287. The zero-order valence-electron chi connectivity index (χ0n) is 11.5. The molecule has 1 fully saturated rings. The van der Waals surface area contributed by atoms with E-state index in [0.29, 0.717) is 6.42 Å². The highest BCUT2D eigenvalue weighted by molar-refractivity contribution is 6.00. The van der Waals surface area contributed by atoms with E-state index < -0.39 is 17.5 Å². The highest BCUT2D eigenvalue weighted by atomic mass is 16.5. The maximum Gasteiger partial charge on any atom is 0.308 e. The Morgan fingerprint density at radius 1 is 1.50 bits per heavy atom. The Bertz CT molecular complexity index is 585. The number of amides is 1. The molecule has 0 saturated heterocycles. The normalized spacial score (nSPS) is 31.1. The van der Waals surface area contributed by atoms with Crippen LogP contribution in [0.3, 0.4) is 0 Å². The number of ether oxygens (including phenoxy) is 1. The Kier molecular flexibility index (Phi) is 2.83. The van der Waals surface area contributed by atoms with E-state index in [1.165, 1.54) is 7.11 Å². The van der Waals surface area contributed by atoms with Gasteiger partial charge in [0.1, 0.15) is 0 Å². The summed E-state index contributed by atoms with van der Waals surface area (Å²) in [5.41, 5.74) is 0.671. The SMILES string of the molecule is COC(=O)C[C@]1(O)C[C@@H]2c3ccccc3N(C)C(=O)[C@@H]21. The Hall–Kier alpha value is -1.88. The van der Waals surface area contributed by atoms with Crippen LogP contribution in [0.5, 0.6) is 0 Å². The van der Waals surface area contributed by atoms with Crippen LogP contribution >= 0.6 is 0 Å². The fourth-order valence-electron chi connectivity index (χ4n) is 3.47. The molecule has 1 N–H and O–H groups in total. The molecule has 0 spiro atoms. The summed E-state index contributed by atoms with van der Waals surface area (Å²) in [5, 5.41) is 10.6. The lowest BCUT2D eigenvalue weighted by molar-refractivity contribution is -0.168. The van der Waals surface area contributed by atoms with Crippen LogP contribution in [0, 0.1) is 5.92 Å². The van der Waals surface area contributed by atoms with Crippen LogP contribution in [0.25, 0.3) is 0 Å². The largest absolute Gasteiger partial charge is 0.469 e. The minimum absolute atomic E-state index is 0.00967. The second-order valence-corrected chi connectivity index (χ2v) is 5.60. The first-order chi connectivity index (χ1) is 9.48. The number of hydrogen-bond donors (Lipinski definition) is 1. The third kappa shape index (κ3) is 1.66. The molecule has 106 valence electrons. The molecule has 1 aliphatic heterocycles. The predicted molar refractivity (Wildman–Crippen MR) is 72.3 cm³/mol. The Morgan fingerprint density at radius 2 is 2.20 bits per heavy atom. The molecule has 5 nitrogen and oxygen atoms in total. The lowest BCUT2D eigenvalue weighted by Crippen LogP contribution is -2.62. The molecular weight excluding hydrogens is 258 g/mol. The number of carbonyl (C=O) groups is 2. The zero-order valence-corrected chi connectivity index (χ0v) is 11.5. The standard InChI is InChI=1S/C15H17NO4/c1-16-11-6-4-3-5-9(11)10-7-15(19,8-12(17)20-2)13(10)14(16)18/h3-6,10,13,19H,7-8H2,1-2H3/t10-,13-,15-/m1/s1. The van der Waals surface area contributed by atoms with Crippen LogP contribution in [-0.4, -0.2) is 36.7 Å². The van der Waals surface area contributed by atoms with Crippen molar-refractivity contribution in [1.82, 2.24) is 0 Å². The molecule has 1 aromatic carbocycles. The molecule has 3 atom stereocenters. The van der Waals surface area contributed by atoms with Gasteiger partial charge in [0.05, 0.1) is 25.0 Å². The van der Waals surface area contributed by atoms with E-state index in [9.17, 15) is 14.7 Å². The molecule has 20 heavy (non-hydrogen) atoms. The topological polar surface area (TPSA) is 66.8 Å². The number of hydrogen-bond acceptors (Lipinski definition) is 4. The van der Waals surface area contributed by atoms with E-state index in [2.05, 4.69) is 4.74 Å². The number of aliphatic hydroxyl groups is 1. The van der Waals surface area contributed by atoms with Gasteiger partial charge >= 0.3 is 5.97 Å². The third-order valence-electron chi connectivity index (χ3n) is 4.53. The molecule has 1 heterocycles. The number of esters is 1. The molecule has 1 saturated carbocycles. The van der Waals surface area contributed by atoms with Crippen molar-refractivity contribution in [2.45, 2.75) is 24.4 Å². The van der Waals surface area contributed by atoms with Gasteiger partial charge in [0.25, 0.3) is 0 Å². The smallest absolute Gasteiger partial charge is 0.308 e. The van der Waals surface area contributed by atoms with E-state index in [0.717, 1.165) is 11.3 Å². The molecule has 0 bridgehead atoms. The monoisotopic (exact) mass is 275 g/mol. The van der Waals surface area contributed by atoms with E-state index in [1.807, 2.05) is 24.3 Å². The summed E-state index contributed by atoms with van der Waals surface area (Å²) in [6, 6.07) is 7.70. The Balaban J connectivity index is 1.95. The summed E-state index contributed by atoms with van der Waals surface area (Å²) in [6.45, 7) is 0. The molecule has 1 aromatic rings. The summed E-state index contributed by atoms with van der Waals surface area (Å²) in [5.74, 6) is -1.18. The number of rotatable bonds is 2. The minimum atomic E-state index is -1.28. The van der Waals surface area contributed by atoms with Gasteiger partial charge in [-0.1, -0.05) is 18.2 Å². The van der Waals surface area contributed by atoms with E-state index in [1.54, 1.807) is 11.9 Å². The van der Waals surface area contributed by atoms with Crippen molar-refractivity contribution in [1.29, 1.82) is 0 Å². The van der Waals surface area contributed by atoms with Crippen LogP contribution in [0.1, 0.15) is 24.3 Å². The van der Waals surface area contributed by atoms with Crippen molar-refractivity contribution in [3.8, 4) is 0 Å². The molecule has 2 aliphatic rings. The second-order valence-electron chi connectivity index (χ2n) is 5.60. The summed E-state index contributed by atoms with van der Waals surface area (Å²) < 4.78 is 4.61. The minimum Gasteiger partial charge on any atom is -0.469 e. The van der Waals surface area contributed by atoms with Gasteiger partial charge in [0.15, 0.2) is 0 Å². The fourth-order valence-corrected chi connectivity index (χ4v) is 3.47. The third-order valence-corrected chi connectivity index (χ3v) is 4.53. The molecular formula is C15H17NO4. The van der Waals surface area contributed by atoms with Crippen LogP contribution in [0.15, 0.2) is 24.3 Å². The number of methoxy groups -OCH3 is 1. The van der Waals surface area contributed by atoms with E-state index in [4.69, 9.17) is 0 Å². The summed E-state index contributed by atoms with van der Waals surface area (Å²) >= 11 is 0. The van der Waals surface area contributed by atoms with Gasteiger partial charge in [0, 0.05) is 18.7 Å². The average molecular weight is 275 g/mol. The second kappa shape index (κ2) is 4.31. The van der Waals surface area contributed by atoms with Crippen LogP contribution in [0.4, 0.5) is 5.69 Å². The van der Waals surface area contributed by atoms with Gasteiger partial charge in [-0.3, -0.25) is 9.59 Å². The van der Waals surface area contributed by atoms with Crippen LogP contribution < -0.4 is 4.90 Å². The summed E-state index contributed by atoms with van der Waals surface area (Å²) in [7, 11) is 2.99. The lowest BCUT2D eigenvalue weighted by atomic mass is 9.55. The quantitative estimate of drug-likeness (QED) is 0.820. The van der Waals surface area contributed by atoms with Crippen molar-refractivity contribution in [3.63, 3.8) is 0 Å². The molecule has 0 radical (unpaired) electrons. The van der Waals surface area contributed by atoms with Crippen LogP contribution in [0.2, 0.25) is 0 Å². The van der Waals surface area contributed by atoms with Gasteiger partial charge in [-0.15, -0.1) is 0 Å².